The second-order valence-electron chi connectivity index (χ2n) is 4.53. The first-order chi connectivity index (χ1) is 10.3. The van der Waals surface area contributed by atoms with Crippen LogP contribution in [0.4, 0.5) is 0 Å². The summed E-state index contributed by atoms with van der Waals surface area (Å²) in [7, 11) is 0. The first-order valence-corrected chi connectivity index (χ1v) is 7.29. The molecule has 3 rings (SSSR count). The van der Waals surface area contributed by atoms with Crippen molar-refractivity contribution in [2.45, 2.75) is 16.4 Å². The van der Waals surface area contributed by atoms with Crippen LogP contribution in [-0.2, 0) is 6.61 Å². The minimum atomic E-state index is 0.0343. The topological polar surface area (TPSA) is 56.9 Å². The van der Waals surface area contributed by atoms with E-state index in [1.165, 1.54) is 0 Å². The summed E-state index contributed by atoms with van der Waals surface area (Å²) in [5.74, 6) is 0. The first kappa shape index (κ1) is 13.6. The van der Waals surface area contributed by atoms with Gasteiger partial charge in [-0.2, -0.15) is 5.26 Å². The molecule has 0 spiro atoms. The van der Waals surface area contributed by atoms with E-state index >= 15 is 0 Å². The Morgan fingerprint density at radius 3 is 2.57 bits per heavy atom. The average molecular weight is 292 g/mol. The van der Waals surface area contributed by atoms with Crippen LogP contribution < -0.4 is 0 Å². The lowest BCUT2D eigenvalue weighted by atomic mass is 10.2. The number of pyridine rings is 1. The second kappa shape index (κ2) is 5.96. The molecule has 0 saturated heterocycles. The molecule has 0 aliphatic heterocycles. The molecule has 0 atom stereocenters. The summed E-state index contributed by atoms with van der Waals surface area (Å²) in [6.45, 7) is 0.0343. The van der Waals surface area contributed by atoms with Crippen LogP contribution in [-0.4, -0.2) is 10.1 Å². The fourth-order valence-electron chi connectivity index (χ4n) is 2.09. The Morgan fingerprint density at radius 2 is 1.86 bits per heavy atom. The molecule has 3 aromatic rings. The van der Waals surface area contributed by atoms with Gasteiger partial charge in [0, 0.05) is 21.4 Å². The zero-order valence-corrected chi connectivity index (χ0v) is 12.0. The van der Waals surface area contributed by atoms with Gasteiger partial charge in [0.05, 0.1) is 17.7 Å². The van der Waals surface area contributed by atoms with Gasteiger partial charge < -0.3 is 5.11 Å². The molecule has 1 N–H and O–H groups in total. The summed E-state index contributed by atoms with van der Waals surface area (Å²) < 4.78 is 0. The Kier molecular flexibility index (Phi) is 3.87. The number of aliphatic hydroxyl groups is 1. The van der Waals surface area contributed by atoms with Gasteiger partial charge in [-0.15, -0.1) is 0 Å². The van der Waals surface area contributed by atoms with E-state index in [2.05, 4.69) is 11.1 Å². The molecule has 2 aromatic carbocycles. The van der Waals surface area contributed by atoms with Gasteiger partial charge in [-0.25, -0.2) is 0 Å². The Labute approximate surface area is 126 Å². The zero-order chi connectivity index (χ0) is 14.7. The van der Waals surface area contributed by atoms with Gasteiger partial charge in [0.25, 0.3) is 0 Å². The van der Waals surface area contributed by atoms with E-state index in [0.29, 0.717) is 5.56 Å². The van der Waals surface area contributed by atoms with Crippen molar-refractivity contribution in [2.24, 2.45) is 0 Å². The average Bonchev–Trinajstić information content (AvgIpc) is 2.56. The largest absolute Gasteiger partial charge is 0.392 e. The number of fused-ring (bicyclic) bond motifs is 1. The van der Waals surface area contributed by atoms with E-state index in [4.69, 9.17) is 5.11 Å². The molecule has 0 bridgehead atoms. The summed E-state index contributed by atoms with van der Waals surface area (Å²) in [6, 6.07) is 17.7. The van der Waals surface area contributed by atoms with Crippen LogP contribution in [0.2, 0.25) is 0 Å². The standard InChI is InChI=1S/C17H12N2OS/c18-9-13-10-19-16-4-2-1-3-15(16)17(13)21-14-7-5-12(11-20)6-8-14/h1-8,10,20H,11H2. The first-order valence-electron chi connectivity index (χ1n) is 6.47. The Bertz CT molecular complexity index is 822. The summed E-state index contributed by atoms with van der Waals surface area (Å²) in [4.78, 5) is 6.26. The van der Waals surface area contributed by atoms with Crippen LogP contribution in [0.3, 0.4) is 0 Å². The maximum absolute atomic E-state index is 9.30. The van der Waals surface area contributed by atoms with E-state index in [1.807, 2.05) is 48.5 Å². The van der Waals surface area contributed by atoms with Crippen molar-refractivity contribution < 1.29 is 5.11 Å². The third-order valence-corrected chi connectivity index (χ3v) is 4.32. The highest BCUT2D eigenvalue weighted by Gasteiger charge is 2.10. The Hall–Kier alpha value is -2.35. The zero-order valence-electron chi connectivity index (χ0n) is 11.2. The number of nitriles is 1. The summed E-state index contributed by atoms with van der Waals surface area (Å²) in [5.41, 5.74) is 2.33. The molecule has 0 aliphatic rings. The molecule has 0 unspecified atom stereocenters. The molecule has 102 valence electrons. The Morgan fingerprint density at radius 1 is 1.10 bits per heavy atom. The smallest absolute Gasteiger partial charge is 0.102 e. The van der Waals surface area contributed by atoms with Crippen molar-refractivity contribution in [2.75, 3.05) is 0 Å². The highest BCUT2D eigenvalue weighted by molar-refractivity contribution is 7.99. The lowest BCUT2D eigenvalue weighted by Crippen LogP contribution is -1.88. The predicted octanol–water partition coefficient (Wildman–Crippen LogP) is 3.75. The SMILES string of the molecule is N#Cc1cnc2ccccc2c1Sc1ccc(CO)cc1. The number of aliphatic hydroxyl groups excluding tert-OH is 1. The minimum absolute atomic E-state index is 0.0343. The van der Waals surface area contributed by atoms with Gasteiger partial charge in [-0.3, -0.25) is 4.98 Å². The molecule has 3 nitrogen and oxygen atoms in total. The molecule has 4 heteroatoms. The number of rotatable bonds is 3. The third-order valence-electron chi connectivity index (χ3n) is 3.17. The molecule has 1 heterocycles. The van der Waals surface area contributed by atoms with Crippen molar-refractivity contribution >= 4 is 22.7 Å². The van der Waals surface area contributed by atoms with Crippen LogP contribution >= 0.6 is 11.8 Å². The third kappa shape index (κ3) is 2.75. The van der Waals surface area contributed by atoms with Gasteiger partial charge in [-0.05, 0) is 23.8 Å². The van der Waals surface area contributed by atoms with E-state index in [-0.39, 0.29) is 6.61 Å². The van der Waals surface area contributed by atoms with E-state index in [0.717, 1.165) is 26.3 Å². The fourth-order valence-corrected chi connectivity index (χ4v) is 3.09. The van der Waals surface area contributed by atoms with Crippen molar-refractivity contribution in [1.82, 2.24) is 4.98 Å². The quantitative estimate of drug-likeness (QED) is 0.798. The van der Waals surface area contributed by atoms with Gasteiger partial charge in [-0.1, -0.05) is 42.1 Å². The van der Waals surface area contributed by atoms with Gasteiger partial charge >= 0.3 is 0 Å². The normalized spacial score (nSPS) is 10.5. The number of para-hydroxylation sites is 1. The van der Waals surface area contributed by atoms with Gasteiger partial charge in [0.2, 0.25) is 0 Å². The Balaban J connectivity index is 2.08. The monoisotopic (exact) mass is 292 g/mol. The van der Waals surface area contributed by atoms with E-state index in [1.54, 1.807) is 18.0 Å². The van der Waals surface area contributed by atoms with Crippen LogP contribution in [0, 0.1) is 11.3 Å². The summed E-state index contributed by atoms with van der Waals surface area (Å²) >= 11 is 1.54. The predicted molar refractivity (Wildman–Crippen MR) is 82.9 cm³/mol. The molecule has 0 saturated carbocycles. The molecular weight excluding hydrogens is 280 g/mol. The van der Waals surface area contributed by atoms with Crippen molar-refractivity contribution in [3.63, 3.8) is 0 Å². The fraction of sp³-hybridized carbons (Fsp3) is 0.0588. The lowest BCUT2D eigenvalue weighted by Gasteiger charge is -2.08. The molecule has 0 fully saturated rings. The molecule has 1 aromatic heterocycles. The number of benzene rings is 2. The van der Waals surface area contributed by atoms with Crippen molar-refractivity contribution in [1.29, 1.82) is 5.26 Å². The van der Waals surface area contributed by atoms with Crippen LogP contribution in [0.1, 0.15) is 11.1 Å². The van der Waals surface area contributed by atoms with Crippen LogP contribution in [0.15, 0.2) is 64.5 Å². The van der Waals surface area contributed by atoms with Crippen LogP contribution in [0.25, 0.3) is 10.9 Å². The van der Waals surface area contributed by atoms with Crippen molar-refractivity contribution in [3.8, 4) is 6.07 Å². The highest BCUT2D eigenvalue weighted by atomic mass is 32.2. The summed E-state index contributed by atoms with van der Waals surface area (Å²) in [5, 5.41) is 19.4. The van der Waals surface area contributed by atoms with E-state index < -0.39 is 0 Å². The minimum Gasteiger partial charge on any atom is -0.392 e. The van der Waals surface area contributed by atoms with Gasteiger partial charge in [0.15, 0.2) is 0 Å². The van der Waals surface area contributed by atoms with Gasteiger partial charge in [0.1, 0.15) is 6.07 Å². The number of aromatic nitrogens is 1. The lowest BCUT2D eigenvalue weighted by molar-refractivity contribution is 0.282. The number of hydrogen-bond acceptors (Lipinski definition) is 4. The number of hydrogen-bond donors (Lipinski definition) is 1. The molecule has 0 radical (unpaired) electrons. The maximum atomic E-state index is 9.30. The molecule has 21 heavy (non-hydrogen) atoms. The highest BCUT2D eigenvalue weighted by Crippen LogP contribution is 2.35. The molecule has 0 aliphatic carbocycles. The van der Waals surface area contributed by atoms with Crippen LogP contribution in [0.5, 0.6) is 0 Å². The molecule has 0 amide bonds. The van der Waals surface area contributed by atoms with Crippen molar-refractivity contribution in [3.05, 3.63) is 65.9 Å². The maximum Gasteiger partial charge on any atom is 0.102 e. The second-order valence-corrected chi connectivity index (χ2v) is 5.62. The number of nitrogens with zero attached hydrogens (tertiary/aromatic N) is 2. The van der Waals surface area contributed by atoms with E-state index in [9.17, 15) is 5.26 Å². The molecular formula is C17H12N2OS. The summed E-state index contributed by atoms with van der Waals surface area (Å²) in [6.07, 6.45) is 1.62.